The van der Waals surface area contributed by atoms with Crippen LogP contribution in [0.3, 0.4) is 0 Å². The molecule has 38 heavy (non-hydrogen) atoms. The zero-order valence-corrected chi connectivity index (χ0v) is 23.3. The number of aromatic nitrogens is 1. The normalized spacial score (nSPS) is 18.6. The van der Waals surface area contributed by atoms with E-state index >= 15 is 0 Å². The summed E-state index contributed by atoms with van der Waals surface area (Å²) < 4.78 is 11.8. The second kappa shape index (κ2) is 10.7. The molecule has 1 aromatic carbocycles. The lowest BCUT2D eigenvalue weighted by Gasteiger charge is -2.41. The molecule has 1 fully saturated rings. The smallest absolute Gasteiger partial charge is 0.415 e. The van der Waals surface area contributed by atoms with Crippen LogP contribution in [0.5, 0.6) is 5.75 Å². The largest absolute Gasteiger partial charge is 0.476 e. The number of carbonyl (C=O) groups is 2. The maximum atomic E-state index is 13.7. The molecule has 2 amide bonds. The molecule has 1 unspecified atom stereocenters. The van der Waals surface area contributed by atoms with E-state index in [1.807, 2.05) is 31.1 Å². The highest BCUT2D eigenvalue weighted by molar-refractivity contribution is 6.33. The van der Waals surface area contributed by atoms with Crippen molar-refractivity contribution in [3.8, 4) is 11.8 Å². The number of amides is 2. The quantitative estimate of drug-likeness (QED) is 0.556. The fourth-order valence-corrected chi connectivity index (χ4v) is 5.16. The second-order valence-electron chi connectivity index (χ2n) is 11.1. The molecule has 0 radical (unpaired) electrons. The number of pyridine rings is 1. The Bertz CT molecular complexity index is 1230. The molecule has 0 spiro atoms. The lowest BCUT2D eigenvalue weighted by atomic mass is 9.75. The number of hydrogen-bond acceptors (Lipinski definition) is 7. The van der Waals surface area contributed by atoms with Crippen molar-refractivity contribution in [2.24, 2.45) is 5.41 Å². The van der Waals surface area contributed by atoms with Gasteiger partial charge in [0.05, 0.1) is 34.4 Å². The van der Waals surface area contributed by atoms with Crippen molar-refractivity contribution in [3.05, 3.63) is 47.2 Å². The van der Waals surface area contributed by atoms with Gasteiger partial charge in [0.1, 0.15) is 11.4 Å². The fraction of sp³-hybridized carbons (Fsp3) is 0.500. The Morgan fingerprint density at radius 3 is 2.47 bits per heavy atom. The van der Waals surface area contributed by atoms with Gasteiger partial charge in [-0.1, -0.05) is 11.6 Å². The van der Waals surface area contributed by atoms with Gasteiger partial charge in [0.25, 0.3) is 5.91 Å². The minimum absolute atomic E-state index is 0.00467. The maximum absolute atomic E-state index is 13.7. The van der Waals surface area contributed by atoms with Crippen molar-refractivity contribution in [2.75, 3.05) is 43.5 Å². The summed E-state index contributed by atoms with van der Waals surface area (Å²) in [4.78, 5) is 35.9. The predicted molar refractivity (Wildman–Crippen MR) is 146 cm³/mol. The minimum atomic E-state index is -0.916. The zero-order chi connectivity index (χ0) is 27.7. The summed E-state index contributed by atoms with van der Waals surface area (Å²) in [6, 6.07) is 9.75. The third-order valence-corrected chi connectivity index (χ3v) is 7.17. The topological polar surface area (TPSA) is 99.0 Å². The first-order valence-electron chi connectivity index (χ1n) is 12.7. The first-order chi connectivity index (χ1) is 17.9. The van der Waals surface area contributed by atoms with Gasteiger partial charge in [-0.3, -0.25) is 14.7 Å². The molecule has 9 nitrogen and oxygen atoms in total. The van der Waals surface area contributed by atoms with E-state index in [4.69, 9.17) is 21.1 Å². The number of hydrogen-bond donors (Lipinski definition) is 0. The molecule has 0 aliphatic carbocycles. The molecule has 2 aromatic rings. The second-order valence-corrected chi connectivity index (χ2v) is 11.5. The van der Waals surface area contributed by atoms with Crippen LogP contribution in [0.2, 0.25) is 5.02 Å². The predicted octanol–water partition coefficient (Wildman–Crippen LogP) is 4.68. The first-order valence-corrected chi connectivity index (χ1v) is 13.1. The van der Waals surface area contributed by atoms with Gasteiger partial charge < -0.3 is 19.3 Å². The highest BCUT2D eigenvalue weighted by atomic mass is 35.5. The summed E-state index contributed by atoms with van der Waals surface area (Å²) >= 11 is 6.50. The van der Waals surface area contributed by atoms with Crippen LogP contribution >= 0.6 is 11.6 Å². The molecular weight excluding hydrogens is 506 g/mol. The van der Waals surface area contributed by atoms with E-state index in [1.54, 1.807) is 50.2 Å². The molecule has 2 aliphatic heterocycles. The Labute approximate surface area is 228 Å². The monoisotopic (exact) mass is 539 g/mol. The Morgan fingerprint density at radius 2 is 1.89 bits per heavy atom. The van der Waals surface area contributed by atoms with E-state index < -0.39 is 23.2 Å². The van der Waals surface area contributed by atoms with Crippen LogP contribution in [0, 0.1) is 16.7 Å². The fourth-order valence-electron chi connectivity index (χ4n) is 4.83. The van der Waals surface area contributed by atoms with Crippen LogP contribution in [-0.2, 0) is 16.0 Å². The van der Waals surface area contributed by atoms with Gasteiger partial charge in [0.2, 0.25) is 0 Å². The summed E-state index contributed by atoms with van der Waals surface area (Å²) in [7, 11) is 3.71. The highest BCUT2D eigenvalue weighted by Crippen LogP contribution is 2.42. The molecule has 0 bridgehead atoms. The van der Waals surface area contributed by atoms with Crippen LogP contribution in [0.25, 0.3) is 0 Å². The molecule has 3 heterocycles. The number of nitriles is 1. The number of ether oxygens (including phenoxy) is 2. The lowest BCUT2D eigenvalue weighted by molar-refractivity contribution is -0.140. The van der Waals surface area contributed by atoms with E-state index in [-0.39, 0.29) is 12.5 Å². The van der Waals surface area contributed by atoms with Gasteiger partial charge in [0.15, 0.2) is 6.10 Å². The third kappa shape index (κ3) is 5.97. The van der Waals surface area contributed by atoms with Crippen molar-refractivity contribution < 1.29 is 19.1 Å². The van der Waals surface area contributed by atoms with E-state index in [0.717, 1.165) is 5.56 Å². The summed E-state index contributed by atoms with van der Waals surface area (Å²) in [5.41, 5.74) is 0.953. The van der Waals surface area contributed by atoms with Gasteiger partial charge in [-0.05, 0) is 63.8 Å². The molecule has 202 valence electrons. The molecule has 0 N–H and O–H groups in total. The number of benzene rings is 1. The Hall–Kier alpha value is -3.51. The van der Waals surface area contributed by atoms with Gasteiger partial charge in [-0.25, -0.2) is 4.79 Å². The molecule has 4 rings (SSSR count). The van der Waals surface area contributed by atoms with Crippen LogP contribution in [0.1, 0.15) is 39.2 Å². The Morgan fingerprint density at radius 1 is 1.24 bits per heavy atom. The van der Waals surface area contributed by atoms with Crippen LogP contribution < -0.4 is 14.5 Å². The van der Waals surface area contributed by atoms with Crippen LogP contribution in [0.4, 0.5) is 16.2 Å². The summed E-state index contributed by atoms with van der Waals surface area (Å²) in [5, 5.41) is 10.5. The van der Waals surface area contributed by atoms with Crippen LogP contribution in [0.15, 0.2) is 36.7 Å². The van der Waals surface area contributed by atoms with Gasteiger partial charge in [-0.15, -0.1) is 0 Å². The van der Waals surface area contributed by atoms with Crippen molar-refractivity contribution in [1.29, 1.82) is 5.26 Å². The molecule has 0 saturated carbocycles. The molecule has 1 atom stereocenters. The average molecular weight is 540 g/mol. The lowest BCUT2D eigenvalue weighted by Crippen LogP contribution is -2.54. The van der Waals surface area contributed by atoms with Gasteiger partial charge >= 0.3 is 6.09 Å². The molecule has 2 aliphatic rings. The third-order valence-electron chi connectivity index (χ3n) is 6.87. The molecule has 1 saturated heterocycles. The van der Waals surface area contributed by atoms with E-state index in [2.05, 4.69) is 11.1 Å². The van der Waals surface area contributed by atoms with Crippen molar-refractivity contribution in [3.63, 3.8) is 0 Å². The molecular formula is C28H34ClN5O4. The summed E-state index contributed by atoms with van der Waals surface area (Å²) in [6.45, 7) is 6.23. The number of rotatable bonds is 4. The Balaban J connectivity index is 1.54. The minimum Gasteiger partial charge on any atom is -0.476 e. The van der Waals surface area contributed by atoms with E-state index in [1.165, 1.54) is 4.90 Å². The van der Waals surface area contributed by atoms with Crippen LogP contribution in [-0.4, -0.2) is 67.3 Å². The number of carbonyl (C=O) groups excluding carboxylic acids is 2. The van der Waals surface area contributed by atoms with Crippen molar-refractivity contribution >= 4 is 35.0 Å². The number of piperidine rings is 1. The Kier molecular flexibility index (Phi) is 7.75. The van der Waals surface area contributed by atoms with Crippen molar-refractivity contribution in [2.45, 2.75) is 51.7 Å². The number of nitrogens with zero attached hydrogens (tertiary/aromatic N) is 5. The van der Waals surface area contributed by atoms with E-state index in [9.17, 15) is 14.9 Å². The number of likely N-dealkylation sites (tertiary alicyclic amines) is 1. The average Bonchev–Trinajstić information content (AvgIpc) is 2.87. The number of fused-ring (bicyclic) bond motifs is 1. The van der Waals surface area contributed by atoms with Gasteiger partial charge in [-0.2, -0.15) is 5.26 Å². The molecule has 10 heteroatoms. The first kappa shape index (κ1) is 27.5. The van der Waals surface area contributed by atoms with Crippen molar-refractivity contribution in [1.82, 2.24) is 9.88 Å². The SMILES string of the molecule is CN(C)c1cc2c(cc1Cl)N(C(=O)OC(C)(C)C)CC(C(=O)N1CCC(C#N)(Cc3ccncc3)CC1)O2. The summed E-state index contributed by atoms with van der Waals surface area (Å²) in [5.74, 6) is 0.163. The summed E-state index contributed by atoms with van der Waals surface area (Å²) in [6.07, 6.45) is 3.68. The maximum Gasteiger partial charge on any atom is 0.415 e. The van der Waals surface area contributed by atoms with E-state index in [0.29, 0.717) is 54.5 Å². The highest BCUT2D eigenvalue weighted by Gasteiger charge is 2.42. The standard InChI is InChI=1S/C28H34ClN5O4/c1-27(2,3)38-26(36)34-17-24(37-23-15-21(32(4)5)20(29)14-22(23)34)25(35)33-12-8-28(18-30,9-13-33)16-19-6-10-31-11-7-19/h6-7,10-11,14-15,24H,8-9,12-13,16-17H2,1-5H3. The molecule has 1 aromatic heterocycles. The zero-order valence-electron chi connectivity index (χ0n) is 22.5. The number of anilines is 2. The number of halogens is 1. The van der Waals surface area contributed by atoms with Gasteiger partial charge in [0, 0.05) is 45.6 Å².